The summed E-state index contributed by atoms with van der Waals surface area (Å²) in [5.74, 6) is 0.616. The van der Waals surface area contributed by atoms with Crippen LogP contribution in [0.15, 0.2) is 0 Å². The number of hydrogen-bond donors (Lipinski definition) is 3. The molecule has 0 bridgehead atoms. The molecule has 5 N–H and O–H groups in total. The molecule has 2 rings (SSSR count). The molecule has 2 aliphatic heterocycles. The fourth-order valence-electron chi connectivity index (χ4n) is 2.91. The van der Waals surface area contributed by atoms with E-state index in [1.54, 1.807) is 4.90 Å². The van der Waals surface area contributed by atoms with Crippen molar-refractivity contribution in [2.75, 3.05) is 0 Å². The van der Waals surface area contributed by atoms with Crippen LogP contribution in [0.3, 0.4) is 0 Å². The highest BCUT2D eigenvalue weighted by Crippen LogP contribution is 2.28. The molecule has 0 aromatic carbocycles. The lowest BCUT2D eigenvalue weighted by molar-refractivity contribution is -0.133. The lowest BCUT2D eigenvalue weighted by atomic mass is 10.0. The van der Waals surface area contributed by atoms with E-state index in [0.29, 0.717) is 24.7 Å². The first-order valence-corrected chi connectivity index (χ1v) is 8.29. The van der Waals surface area contributed by atoms with Gasteiger partial charge in [-0.15, -0.1) is 12.4 Å². The Morgan fingerprint density at radius 2 is 1.83 bits per heavy atom. The topological polar surface area (TPSA) is 119 Å². The maximum Gasteiger partial charge on any atom is 0.244 e. The molecule has 24 heavy (non-hydrogen) atoms. The zero-order valence-corrected chi connectivity index (χ0v) is 15.8. The first-order valence-electron chi connectivity index (χ1n) is 8.29. The second-order valence-corrected chi connectivity index (χ2v) is 7.15. The summed E-state index contributed by atoms with van der Waals surface area (Å²) >= 11 is 0. The maximum absolute atomic E-state index is 11.6. The lowest BCUT2D eigenvalue weighted by Crippen LogP contribution is -2.38. The molecule has 2 heterocycles. The highest BCUT2D eigenvalue weighted by Gasteiger charge is 2.46. The summed E-state index contributed by atoms with van der Waals surface area (Å²) in [5, 5.41) is 2.87. The fourth-order valence-corrected chi connectivity index (χ4v) is 2.91. The van der Waals surface area contributed by atoms with Crippen LogP contribution in [0.4, 0.5) is 0 Å². The summed E-state index contributed by atoms with van der Waals surface area (Å²) < 4.78 is 0. The number of nitrogens with zero attached hydrogens (tertiary/aromatic N) is 1. The van der Waals surface area contributed by atoms with Crippen molar-refractivity contribution in [3.8, 4) is 0 Å². The van der Waals surface area contributed by atoms with Gasteiger partial charge < -0.3 is 21.7 Å². The van der Waals surface area contributed by atoms with Gasteiger partial charge in [0, 0.05) is 6.42 Å². The van der Waals surface area contributed by atoms with Crippen LogP contribution in [-0.2, 0) is 14.4 Å². The number of carbonyl (C=O) groups is 3. The highest BCUT2D eigenvalue weighted by molar-refractivity contribution is 5.92. The van der Waals surface area contributed by atoms with Crippen molar-refractivity contribution in [3.63, 3.8) is 0 Å². The molecule has 2 saturated heterocycles. The molecule has 8 heteroatoms. The Kier molecular flexibility index (Phi) is 9.29. The normalized spacial score (nSPS) is 23.4. The van der Waals surface area contributed by atoms with Gasteiger partial charge in [0.05, 0.1) is 6.04 Å². The zero-order chi connectivity index (χ0) is 17.7. The van der Waals surface area contributed by atoms with Crippen molar-refractivity contribution in [1.82, 2.24) is 10.2 Å². The van der Waals surface area contributed by atoms with Gasteiger partial charge in [0.15, 0.2) is 0 Å². The third kappa shape index (κ3) is 6.28. The number of hydrogen-bond acceptors (Lipinski definition) is 4. The minimum absolute atomic E-state index is 0. The third-order valence-corrected chi connectivity index (χ3v) is 3.99. The van der Waals surface area contributed by atoms with Crippen LogP contribution in [0.1, 0.15) is 53.4 Å². The Hall–Kier alpha value is -1.34. The average molecular weight is 363 g/mol. The average Bonchev–Trinajstić information content (AvgIpc) is 2.90. The number of nitrogens with two attached hydrogens (primary N) is 2. The molecule has 0 spiro atoms. The Balaban J connectivity index is 0.000000468. The molecule has 0 aliphatic carbocycles. The Labute approximate surface area is 150 Å². The van der Waals surface area contributed by atoms with Crippen LogP contribution in [-0.4, -0.2) is 40.9 Å². The van der Waals surface area contributed by atoms with Crippen molar-refractivity contribution < 1.29 is 14.4 Å². The van der Waals surface area contributed by atoms with E-state index < -0.39 is 11.9 Å². The van der Waals surface area contributed by atoms with Gasteiger partial charge in [0.1, 0.15) is 12.2 Å². The Bertz CT molecular complexity index is 457. The molecule has 3 atom stereocenters. The molecule has 0 aromatic rings. The number of halogens is 1. The van der Waals surface area contributed by atoms with Gasteiger partial charge in [-0.3, -0.25) is 14.4 Å². The second-order valence-electron chi connectivity index (χ2n) is 7.15. The quantitative estimate of drug-likeness (QED) is 0.668. The molecule has 3 unspecified atom stereocenters. The summed E-state index contributed by atoms with van der Waals surface area (Å²) in [6, 6.07) is -0.681. The van der Waals surface area contributed by atoms with Crippen molar-refractivity contribution >= 4 is 30.1 Å². The predicted octanol–water partition coefficient (Wildman–Crippen LogP) is 0.746. The Morgan fingerprint density at radius 1 is 1.25 bits per heavy atom. The number of carbonyl (C=O) groups excluding carboxylic acids is 3. The third-order valence-electron chi connectivity index (χ3n) is 3.99. The van der Waals surface area contributed by atoms with E-state index in [1.807, 2.05) is 13.8 Å². The molecule has 7 nitrogen and oxygen atoms in total. The van der Waals surface area contributed by atoms with E-state index in [9.17, 15) is 14.4 Å². The van der Waals surface area contributed by atoms with Crippen molar-refractivity contribution in [2.45, 2.75) is 71.6 Å². The van der Waals surface area contributed by atoms with Gasteiger partial charge in [-0.25, -0.2) is 0 Å². The molecule has 2 aliphatic rings. The van der Waals surface area contributed by atoms with Crippen molar-refractivity contribution in [2.24, 2.45) is 23.3 Å². The minimum atomic E-state index is -0.468. The molecule has 2 fully saturated rings. The molecule has 0 saturated carbocycles. The lowest BCUT2D eigenvalue weighted by Gasteiger charge is -2.22. The van der Waals surface area contributed by atoms with Gasteiger partial charge in [0.2, 0.25) is 17.7 Å². The van der Waals surface area contributed by atoms with Crippen LogP contribution in [0, 0.1) is 11.8 Å². The first-order chi connectivity index (χ1) is 10.6. The van der Waals surface area contributed by atoms with Gasteiger partial charge in [-0.2, -0.15) is 0 Å². The van der Waals surface area contributed by atoms with E-state index in [4.69, 9.17) is 11.5 Å². The van der Waals surface area contributed by atoms with E-state index in [2.05, 4.69) is 19.2 Å². The van der Waals surface area contributed by atoms with E-state index in [0.717, 1.165) is 12.8 Å². The van der Waals surface area contributed by atoms with Crippen LogP contribution in [0.5, 0.6) is 0 Å². The number of primary amides is 1. The van der Waals surface area contributed by atoms with Crippen LogP contribution in [0.25, 0.3) is 0 Å². The molecule has 0 radical (unpaired) electrons. The molecular weight excluding hydrogens is 332 g/mol. The van der Waals surface area contributed by atoms with Crippen LogP contribution in [0.2, 0.25) is 0 Å². The summed E-state index contributed by atoms with van der Waals surface area (Å²) in [6.07, 6.45) is 2.79. The summed E-state index contributed by atoms with van der Waals surface area (Å²) in [5.41, 5.74) is 10.3. The minimum Gasteiger partial charge on any atom is -0.368 e. The van der Waals surface area contributed by atoms with Gasteiger partial charge in [-0.05, 0) is 31.1 Å². The van der Waals surface area contributed by atoms with Crippen molar-refractivity contribution in [1.29, 1.82) is 0 Å². The van der Waals surface area contributed by atoms with Crippen LogP contribution < -0.4 is 16.8 Å². The zero-order valence-electron chi connectivity index (χ0n) is 15.0. The fraction of sp³-hybridized carbons (Fsp3) is 0.812. The van der Waals surface area contributed by atoms with Crippen molar-refractivity contribution in [3.05, 3.63) is 0 Å². The maximum atomic E-state index is 11.6. The molecule has 0 aromatic heterocycles. The highest BCUT2D eigenvalue weighted by atomic mass is 35.5. The monoisotopic (exact) mass is 362 g/mol. The van der Waals surface area contributed by atoms with Crippen LogP contribution >= 0.6 is 12.4 Å². The van der Waals surface area contributed by atoms with Gasteiger partial charge in [0.25, 0.3) is 0 Å². The second kappa shape index (κ2) is 9.84. The van der Waals surface area contributed by atoms with Gasteiger partial charge in [-0.1, -0.05) is 27.7 Å². The largest absolute Gasteiger partial charge is 0.368 e. The van der Waals surface area contributed by atoms with E-state index in [-0.39, 0.29) is 36.4 Å². The SMILES string of the molecule is CC(C)CC(N)C(N)=O.CC(C)CC1C(=O)NC2CCC(=O)N21.Cl. The van der Waals surface area contributed by atoms with E-state index in [1.165, 1.54) is 0 Å². The standard InChI is InChI=1S/C10H16N2O2.C6H14N2O.ClH/c1-6(2)5-7-10(14)11-8-3-4-9(13)12(7)8;1-4(2)3-5(7)6(8)9;/h6-8H,3-5H2,1-2H3,(H,11,14);4-5H,3,7H2,1-2H3,(H2,8,9);1H. The smallest absolute Gasteiger partial charge is 0.244 e. The summed E-state index contributed by atoms with van der Waals surface area (Å²) in [7, 11) is 0. The number of rotatable bonds is 5. The first kappa shape index (κ1) is 22.7. The number of nitrogens with one attached hydrogen (secondary N) is 1. The molecular formula is C16H31ClN4O3. The number of fused-ring (bicyclic) bond motifs is 1. The molecule has 3 amide bonds. The predicted molar refractivity (Wildman–Crippen MR) is 95.1 cm³/mol. The molecule has 140 valence electrons. The van der Waals surface area contributed by atoms with E-state index >= 15 is 0 Å². The Morgan fingerprint density at radius 3 is 2.25 bits per heavy atom. The number of amides is 3. The summed E-state index contributed by atoms with van der Waals surface area (Å²) in [4.78, 5) is 35.2. The summed E-state index contributed by atoms with van der Waals surface area (Å²) in [6.45, 7) is 8.15. The van der Waals surface area contributed by atoms with Gasteiger partial charge >= 0.3 is 0 Å².